The Balaban J connectivity index is 1.42. The van der Waals surface area contributed by atoms with Crippen LogP contribution in [0.1, 0.15) is 17.5 Å². The van der Waals surface area contributed by atoms with Crippen LogP contribution in [0.2, 0.25) is 5.02 Å². The Morgan fingerprint density at radius 3 is 2.47 bits per heavy atom. The number of piperazine rings is 1. The monoisotopic (exact) mass is 487 g/mol. The highest BCUT2D eigenvalue weighted by Crippen LogP contribution is 2.30. The van der Waals surface area contributed by atoms with Crippen LogP contribution in [0.15, 0.2) is 63.5 Å². The number of hydrogen-bond donors (Lipinski definition) is 1. The molecule has 0 aliphatic carbocycles. The molecule has 3 aromatic rings. The number of carbonyl (C=O) groups is 1. The lowest BCUT2D eigenvalue weighted by Gasteiger charge is -2.36. The Kier molecular flexibility index (Phi) is 6.46. The van der Waals surface area contributed by atoms with Crippen molar-refractivity contribution in [2.24, 2.45) is 0 Å². The molecule has 0 bridgehead atoms. The van der Waals surface area contributed by atoms with Gasteiger partial charge in [-0.1, -0.05) is 46.6 Å². The van der Waals surface area contributed by atoms with E-state index in [-0.39, 0.29) is 11.7 Å². The summed E-state index contributed by atoms with van der Waals surface area (Å²) in [5.41, 5.74) is 2.55. The van der Waals surface area contributed by atoms with Gasteiger partial charge < -0.3 is 19.5 Å². The Labute approximate surface area is 189 Å². The number of likely N-dealkylation sites (N-methyl/N-ethyl adjacent to an activating group) is 1. The first-order valence-electron chi connectivity index (χ1n) is 9.97. The molecule has 1 aromatic heterocycles. The topological polar surface area (TPSA) is 48.7 Å². The molecule has 1 amide bonds. The lowest BCUT2D eigenvalue weighted by molar-refractivity contribution is 0.0997. The van der Waals surface area contributed by atoms with Crippen molar-refractivity contribution in [1.29, 1.82) is 0 Å². The van der Waals surface area contributed by atoms with E-state index in [0.29, 0.717) is 16.5 Å². The van der Waals surface area contributed by atoms with Crippen molar-refractivity contribution in [1.82, 2.24) is 4.90 Å². The SMILES string of the molecule is CCN1CCN(c2ccc(NC(=O)c3ccc(-c4ccc(Br)cc4)o3)cc2Cl)CC1. The van der Waals surface area contributed by atoms with Crippen LogP contribution in [0.5, 0.6) is 0 Å². The van der Waals surface area contributed by atoms with E-state index in [1.807, 2.05) is 36.4 Å². The minimum absolute atomic E-state index is 0.254. The molecule has 1 aliphatic rings. The Bertz CT molecular complexity index is 1030. The van der Waals surface area contributed by atoms with Gasteiger partial charge in [0.2, 0.25) is 0 Å². The van der Waals surface area contributed by atoms with Gasteiger partial charge in [0.15, 0.2) is 5.76 Å². The van der Waals surface area contributed by atoms with E-state index < -0.39 is 0 Å². The molecular formula is C23H23BrClN3O2. The fraction of sp³-hybridized carbons (Fsp3) is 0.261. The molecule has 1 saturated heterocycles. The molecule has 0 unspecified atom stereocenters. The van der Waals surface area contributed by atoms with Gasteiger partial charge in [-0.25, -0.2) is 0 Å². The molecule has 4 rings (SSSR count). The van der Waals surface area contributed by atoms with Gasteiger partial charge in [-0.05, 0) is 49.0 Å². The fourth-order valence-corrected chi connectivity index (χ4v) is 4.13. The maximum Gasteiger partial charge on any atom is 0.291 e. The van der Waals surface area contributed by atoms with Gasteiger partial charge in [-0.3, -0.25) is 4.79 Å². The maximum absolute atomic E-state index is 12.6. The van der Waals surface area contributed by atoms with Crippen LogP contribution >= 0.6 is 27.5 Å². The molecular weight excluding hydrogens is 466 g/mol. The first-order valence-corrected chi connectivity index (χ1v) is 11.1. The third-order valence-corrected chi connectivity index (χ3v) is 6.16. The average Bonchev–Trinajstić information content (AvgIpc) is 3.25. The zero-order valence-corrected chi connectivity index (χ0v) is 19.0. The standard InChI is InChI=1S/C23H23BrClN3O2/c1-2-27-11-13-28(14-12-27)20-8-7-18(15-19(20)25)26-23(29)22-10-9-21(30-22)16-3-5-17(24)6-4-16/h3-10,15H,2,11-14H2,1H3,(H,26,29). The van der Waals surface area contributed by atoms with E-state index in [1.165, 1.54) is 0 Å². The zero-order chi connectivity index (χ0) is 21.1. The maximum atomic E-state index is 12.6. The summed E-state index contributed by atoms with van der Waals surface area (Å²) in [5.74, 6) is 0.592. The number of nitrogens with zero attached hydrogens (tertiary/aromatic N) is 2. The van der Waals surface area contributed by atoms with Crippen LogP contribution in [-0.2, 0) is 0 Å². The highest BCUT2D eigenvalue weighted by molar-refractivity contribution is 9.10. The van der Waals surface area contributed by atoms with Gasteiger partial charge in [0, 0.05) is 41.9 Å². The second-order valence-corrected chi connectivity index (χ2v) is 8.54. The summed E-state index contributed by atoms with van der Waals surface area (Å²) < 4.78 is 6.73. The first-order chi connectivity index (χ1) is 14.5. The number of rotatable bonds is 5. The van der Waals surface area contributed by atoms with E-state index in [0.717, 1.165) is 48.4 Å². The van der Waals surface area contributed by atoms with Crippen molar-refractivity contribution in [3.8, 4) is 11.3 Å². The zero-order valence-electron chi connectivity index (χ0n) is 16.7. The molecule has 156 valence electrons. The summed E-state index contributed by atoms with van der Waals surface area (Å²) in [6.45, 7) is 7.22. The Morgan fingerprint density at radius 1 is 1.07 bits per heavy atom. The highest BCUT2D eigenvalue weighted by atomic mass is 79.9. The minimum atomic E-state index is -0.307. The number of nitrogens with one attached hydrogen (secondary N) is 1. The lowest BCUT2D eigenvalue weighted by atomic mass is 10.2. The van der Waals surface area contributed by atoms with Crippen molar-refractivity contribution < 1.29 is 9.21 Å². The molecule has 2 aromatic carbocycles. The van der Waals surface area contributed by atoms with E-state index >= 15 is 0 Å². The van der Waals surface area contributed by atoms with E-state index in [2.05, 4.69) is 38.0 Å². The molecule has 0 atom stereocenters. The molecule has 2 heterocycles. The third-order valence-electron chi connectivity index (χ3n) is 5.32. The molecule has 0 saturated carbocycles. The van der Waals surface area contributed by atoms with Gasteiger partial charge in [0.05, 0.1) is 10.7 Å². The summed E-state index contributed by atoms with van der Waals surface area (Å²) in [6.07, 6.45) is 0. The van der Waals surface area contributed by atoms with Crippen LogP contribution in [-0.4, -0.2) is 43.5 Å². The molecule has 7 heteroatoms. The number of halogens is 2. The molecule has 5 nitrogen and oxygen atoms in total. The second kappa shape index (κ2) is 9.25. The number of anilines is 2. The number of amides is 1. The van der Waals surface area contributed by atoms with Gasteiger partial charge in [-0.2, -0.15) is 0 Å². The molecule has 1 N–H and O–H groups in total. The summed E-state index contributed by atoms with van der Waals surface area (Å²) in [7, 11) is 0. The van der Waals surface area contributed by atoms with Crippen molar-refractivity contribution in [3.63, 3.8) is 0 Å². The van der Waals surface area contributed by atoms with E-state index in [1.54, 1.807) is 18.2 Å². The second-order valence-electron chi connectivity index (χ2n) is 7.21. The number of carbonyl (C=O) groups excluding carboxylic acids is 1. The summed E-state index contributed by atoms with van der Waals surface area (Å²) >= 11 is 9.94. The Hall–Kier alpha value is -2.28. The summed E-state index contributed by atoms with van der Waals surface area (Å²) in [4.78, 5) is 17.3. The molecule has 0 radical (unpaired) electrons. The average molecular weight is 489 g/mol. The molecule has 0 spiro atoms. The van der Waals surface area contributed by atoms with E-state index in [4.69, 9.17) is 16.0 Å². The van der Waals surface area contributed by atoms with Crippen molar-refractivity contribution >= 4 is 44.8 Å². The smallest absolute Gasteiger partial charge is 0.291 e. The molecule has 30 heavy (non-hydrogen) atoms. The fourth-order valence-electron chi connectivity index (χ4n) is 3.57. The van der Waals surface area contributed by atoms with Crippen molar-refractivity contribution in [3.05, 3.63) is 69.9 Å². The van der Waals surface area contributed by atoms with Crippen LogP contribution in [0.4, 0.5) is 11.4 Å². The van der Waals surface area contributed by atoms with Crippen LogP contribution in [0, 0.1) is 0 Å². The predicted molar refractivity (Wildman–Crippen MR) is 126 cm³/mol. The predicted octanol–water partition coefficient (Wildman–Crippen LogP) is 5.76. The van der Waals surface area contributed by atoms with Gasteiger partial charge in [-0.15, -0.1) is 0 Å². The first kappa shape index (κ1) is 21.0. The van der Waals surface area contributed by atoms with Crippen LogP contribution in [0.25, 0.3) is 11.3 Å². The highest BCUT2D eigenvalue weighted by Gasteiger charge is 2.19. The van der Waals surface area contributed by atoms with Crippen LogP contribution in [0.3, 0.4) is 0 Å². The number of benzene rings is 2. The summed E-state index contributed by atoms with van der Waals surface area (Å²) in [5, 5.41) is 3.50. The number of furan rings is 1. The summed E-state index contributed by atoms with van der Waals surface area (Å²) in [6, 6.07) is 16.8. The van der Waals surface area contributed by atoms with Crippen molar-refractivity contribution in [2.75, 3.05) is 42.9 Å². The van der Waals surface area contributed by atoms with Gasteiger partial charge in [0.1, 0.15) is 5.76 Å². The van der Waals surface area contributed by atoms with Crippen LogP contribution < -0.4 is 10.2 Å². The largest absolute Gasteiger partial charge is 0.451 e. The third kappa shape index (κ3) is 4.72. The molecule has 1 aliphatic heterocycles. The lowest BCUT2D eigenvalue weighted by Crippen LogP contribution is -2.46. The van der Waals surface area contributed by atoms with Gasteiger partial charge in [0.25, 0.3) is 5.91 Å². The normalized spacial score (nSPS) is 14.7. The van der Waals surface area contributed by atoms with Gasteiger partial charge >= 0.3 is 0 Å². The Morgan fingerprint density at radius 2 is 1.80 bits per heavy atom. The quantitative estimate of drug-likeness (QED) is 0.496. The molecule has 1 fully saturated rings. The van der Waals surface area contributed by atoms with E-state index in [9.17, 15) is 4.79 Å². The minimum Gasteiger partial charge on any atom is -0.451 e. The number of hydrogen-bond acceptors (Lipinski definition) is 4. The van der Waals surface area contributed by atoms with Crippen molar-refractivity contribution in [2.45, 2.75) is 6.92 Å².